The third kappa shape index (κ3) is 11.2. The minimum absolute atomic E-state index is 0.00482. The van der Waals surface area contributed by atoms with E-state index in [0.717, 1.165) is 11.8 Å². The van der Waals surface area contributed by atoms with Gasteiger partial charge in [0.05, 0.1) is 28.3 Å². The third-order valence-corrected chi connectivity index (χ3v) is 7.70. The van der Waals surface area contributed by atoms with Crippen LogP contribution < -0.4 is 16.0 Å². The van der Waals surface area contributed by atoms with Gasteiger partial charge in [-0.3, -0.25) is 9.69 Å². The molecular formula is C24H44N6O8S. The highest BCUT2D eigenvalue weighted by Gasteiger charge is 2.39. The van der Waals surface area contributed by atoms with Crippen LogP contribution in [0.3, 0.4) is 0 Å². The van der Waals surface area contributed by atoms with Gasteiger partial charge in [0.25, 0.3) is 0 Å². The van der Waals surface area contributed by atoms with E-state index in [1.807, 2.05) is 27.7 Å². The number of hydrogen-bond acceptors (Lipinski definition) is 14. The number of ether oxygens (including phenoxy) is 1. The van der Waals surface area contributed by atoms with Gasteiger partial charge in [0, 0.05) is 45.0 Å². The molecule has 0 aromatic heterocycles. The van der Waals surface area contributed by atoms with E-state index in [0.29, 0.717) is 50.7 Å². The molecule has 0 bridgehead atoms. The topological polar surface area (TPSA) is 209 Å². The molecule has 39 heavy (non-hydrogen) atoms. The van der Waals surface area contributed by atoms with Crippen LogP contribution in [0.25, 0.3) is 0 Å². The van der Waals surface area contributed by atoms with Crippen molar-refractivity contribution in [1.29, 1.82) is 0 Å². The largest absolute Gasteiger partial charge is 0.505 e. The first kappa shape index (κ1) is 34.4. The zero-order valence-electron chi connectivity index (χ0n) is 23.5. The number of aliphatic hydroxyl groups is 3. The summed E-state index contributed by atoms with van der Waals surface area (Å²) >= 11 is 1.10. The summed E-state index contributed by atoms with van der Waals surface area (Å²) in [7, 11) is 0. The van der Waals surface area contributed by atoms with Gasteiger partial charge in [0.2, 0.25) is 11.7 Å². The van der Waals surface area contributed by atoms with E-state index in [-0.39, 0.29) is 17.4 Å². The fourth-order valence-electron chi connectivity index (χ4n) is 3.39. The summed E-state index contributed by atoms with van der Waals surface area (Å²) in [4.78, 5) is 25.7. The van der Waals surface area contributed by atoms with Crippen LogP contribution in [0.4, 0.5) is 0 Å². The Kier molecular flexibility index (Phi) is 14.0. The number of rotatable bonds is 18. The Morgan fingerprint density at radius 3 is 1.92 bits per heavy atom. The molecule has 0 aromatic rings. The molecular weight excluding hydrogens is 532 g/mol. The smallest absolute Gasteiger partial charge is 0.377 e. The van der Waals surface area contributed by atoms with E-state index in [9.17, 15) is 24.9 Å². The second-order valence-corrected chi connectivity index (χ2v) is 11.3. The lowest BCUT2D eigenvalue weighted by Crippen LogP contribution is -2.51. The number of hydrogen-bond donors (Lipinski definition) is 8. The molecule has 2 atom stereocenters. The van der Waals surface area contributed by atoms with Crippen LogP contribution in [-0.4, -0.2) is 128 Å². The molecule has 0 spiro atoms. The van der Waals surface area contributed by atoms with Gasteiger partial charge in [-0.15, -0.1) is 11.8 Å². The molecule has 0 aromatic carbocycles. The number of aliphatic hydroxyl groups excluding tert-OH is 3. The molecule has 0 fully saturated rings. The number of carbonyl (C=O) groups excluding carboxylic acids is 2. The van der Waals surface area contributed by atoms with Crippen molar-refractivity contribution in [3.8, 4) is 0 Å². The van der Waals surface area contributed by atoms with Gasteiger partial charge < -0.3 is 46.4 Å². The van der Waals surface area contributed by atoms with E-state index in [1.54, 1.807) is 13.8 Å². The molecule has 224 valence electrons. The van der Waals surface area contributed by atoms with Crippen LogP contribution in [0, 0.1) is 0 Å². The number of nitrogens with one attached hydrogen (secondary N) is 3. The van der Waals surface area contributed by atoms with Crippen molar-refractivity contribution in [2.75, 3.05) is 50.8 Å². The molecule has 8 N–H and O–H groups in total. The Labute approximate surface area is 233 Å². The van der Waals surface area contributed by atoms with Crippen molar-refractivity contribution in [2.24, 2.45) is 10.3 Å². The maximum Gasteiger partial charge on any atom is 0.377 e. The summed E-state index contributed by atoms with van der Waals surface area (Å²) in [5.74, 6) is -2.94. The fourth-order valence-corrected chi connectivity index (χ4v) is 4.21. The average Bonchev–Trinajstić information content (AvgIpc) is 3.14. The average molecular weight is 577 g/mol. The fraction of sp³-hybridized carbons (Fsp3) is 0.750. The summed E-state index contributed by atoms with van der Waals surface area (Å²) in [5, 5.41) is 63.4. The maximum atomic E-state index is 12.3. The van der Waals surface area contributed by atoms with Gasteiger partial charge in [-0.05, 0) is 41.5 Å². The normalized spacial score (nSPS) is 18.1. The van der Waals surface area contributed by atoms with Crippen molar-refractivity contribution in [1.82, 2.24) is 20.9 Å². The molecule has 0 saturated heterocycles. The van der Waals surface area contributed by atoms with E-state index < -0.39 is 40.8 Å². The van der Waals surface area contributed by atoms with Crippen molar-refractivity contribution < 1.29 is 40.1 Å². The van der Waals surface area contributed by atoms with Gasteiger partial charge in [0.1, 0.15) is 6.10 Å². The third-order valence-electron chi connectivity index (χ3n) is 6.66. The monoisotopic (exact) mass is 576 g/mol. The molecule has 1 heterocycles. The second kappa shape index (κ2) is 15.9. The first-order valence-corrected chi connectivity index (χ1v) is 13.8. The number of nitrogens with zero attached hydrogens (tertiary/aromatic N) is 3. The van der Waals surface area contributed by atoms with Gasteiger partial charge >= 0.3 is 5.97 Å². The van der Waals surface area contributed by atoms with Crippen molar-refractivity contribution >= 4 is 35.1 Å². The molecule has 0 radical (unpaired) electrons. The quantitative estimate of drug-likeness (QED) is 0.0476. The number of amides is 1. The number of carbonyl (C=O) groups is 2. The van der Waals surface area contributed by atoms with Crippen molar-refractivity contribution in [3.63, 3.8) is 0 Å². The Balaban J connectivity index is 2.53. The number of oxime groups is 2. The zero-order valence-corrected chi connectivity index (χ0v) is 24.3. The second-order valence-electron chi connectivity index (χ2n) is 10.3. The van der Waals surface area contributed by atoms with Crippen LogP contribution in [0.15, 0.2) is 21.8 Å². The highest BCUT2D eigenvalue weighted by atomic mass is 32.2. The molecule has 0 saturated carbocycles. The van der Waals surface area contributed by atoms with Gasteiger partial charge in [0.15, 0.2) is 11.9 Å². The number of cyclic esters (lactones) is 1. The molecule has 2 unspecified atom stereocenters. The highest BCUT2D eigenvalue weighted by molar-refractivity contribution is 7.99. The SMILES string of the molecule is C/C(=N/O)C(C)(C)NCCN(CCNC(=O)CSCC(O)C1OC(=O)C(O)=C1O)CCNC(C)(C)/C(C)=N/O. The Hall–Kier alpha value is -2.59. The van der Waals surface area contributed by atoms with Crippen LogP contribution in [0.1, 0.15) is 41.5 Å². The summed E-state index contributed by atoms with van der Waals surface area (Å²) in [6.07, 6.45) is -2.63. The minimum Gasteiger partial charge on any atom is -0.505 e. The highest BCUT2D eigenvalue weighted by Crippen LogP contribution is 2.23. The summed E-state index contributed by atoms with van der Waals surface area (Å²) in [6, 6.07) is 0. The lowest BCUT2D eigenvalue weighted by atomic mass is 9.99. The van der Waals surface area contributed by atoms with Gasteiger partial charge in [-0.2, -0.15) is 0 Å². The molecule has 15 heteroatoms. The van der Waals surface area contributed by atoms with E-state index in [2.05, 4.69) is 31.2 Å². The summed E-state index contributed by atoms with van der Waals surface area (Å²) in [6.45, 7) is 14.6. The lowest BCUT2D eigenvalue weighted by Gasteiger charge is -2.30. The van der Waals surface area contributed by atoms with E-state index >= 15 is 0 Å². The van der Waals surface area contributed by atoms with Gasteiger partial charge in [-0.25, -0.2) is 4.79 Å². The molecule has 14 nitrogen and oxygen atoms in total. The van der Waals surface area contributed by atoms with Crippen LogP contribution in [-0.2, 0) is 14.3 Å². The maximum absolute atomic E-state index is 12.3. The Morgan fingerprint density at radius 2 is 1.49 bits per heavy atom. The molecule has 0 aliphatic carbocycles. The minimum atomic E-state index is -1.35. The summed E-state index contributed by atoms with van der Waals surface area (Å²) < 4.78 is 4.71. The predicted octanol–water partition coefficient (Wildman–Crippen LogP) is 0.188. The Bertz CT molecular complexity index is 888. The van der Waals surface area contributed by atoms with Crippen molar-refractivity contribution in [2.45, 2.75) is 64.8 Å². The van der Waals surface area contributed by atoms with Crippen molar-refractivity contribution in [3.05, 3.63) is 11.5 Å². The summed E-state index contributed by atoms with van der Waals surface area (Å²) in [5.41, 5.74) is 0.126. The van der Waals surface area contributed by atoms with Crippen LogP contribution >= 0.6 is 11.8 Å². The van der Waals surface area contributed by atoms with E-state index in [1.165, 1.54) is 0 Å². The Morgan fingerprint density at radius 1 is 1.00 bits per heavy atom. The first-order valence-electron chi connectivity index (χ1n) is 12.6. The standard InChI is InChI=1S/C24H44N6O8S/c1-15(28-36)23(3,4)26-8-11-30(12-9-27-24(5,6)16(2)29-37)10-7-25-18(32)14-39-13-17(31)21-19(33)20(34)22(35)38-21/h17,21,26-27,31,33-34,36-37H,7-14H2,1-6H3,(H,25,32)/b28-15-,29-16+. The van der Waals surface area contributed by atoms with E-state index in [4.69, 9.17) is 15.2 Å². The predicted molar refractivity (Wildman–Crippen MR) is 149 cm³/mol. The number of thioether (sulfide) groups is 1. The molecule has 1 aliphatic heterocycles. The molecule has 1 amide bonds. The van der Waals surface area contributed by atoms with Crippen LogP contribution in [0.2, 0.25) is 0 Å². The molecule has 1 aliphatic rings. The zero-order chi connectivity index (χ0) is 29.8. The number of esters is 1. The van der Waals surface area contributed by atoms with Crippen LogP contribution in [0.5, 0.6) is 0 Å². The van der Waals surface area contributed by atoms with Gasteiger partial charge in [-0.1, -0.05) is 10.3 Å². The molecule has 1 rings (SSSR count). The first-order chi connectivity index (χ1) is 18.2. The lowest BCUT2D eigenvalue weighted by molar-refractivity contribution is -0.146.